The van der Waals surface area contributed by atoms with Crippen LogP contribution in [0.2, 0.25) is 36.3 Å². The van der Waals surface area contributed by atoms with Crippen LogP contribution in [0, 0.1) is 5.92 Å². The van der Waals surface area contributed by atoms with E-state index in [0.717, 1.165) is 18.7 Å². The van der Waals surface area contributed by atoms with Gasteiger partial charge in [0.15, 0.2) is 27.8 Å². The zero-order valence-corrected chi connectivity index (χ0v) is 27.9. The van der Waals surface area contributed by atoms with Gasteiger partial charge in [-0.15, -0.1) is 0 Å². The summed E-state index contributed by atoms with van der Waals surface area (Å²) in [5.74, 6) is 1.16. The number of aliphatic imine (C=N–C) groups is 1. The molecule has 0 spiro atoms. The Balaban J connectivity index is 1.75. The number of nitrogens with one attached hydrogen (secondary N) is 1. The molecule has 0 saturated carbocycles. The van der Waals surface area contributed by atoms with Crippen LogP contribution in [0.15, 0.2) is 9.79 Å². The summed E-state index contributed by atoms with van der Waals surface area (Å²) in [6.45, 7) is 23.2. The number of fused-ring (bicyclic) bond motifs is 5. The fourth-order valence-electron chi connectivity index (χ4n) is 4.66. The van der Waals surface area contributed by atoms with Crippen molar-refractivity contribution < 1.29 is 13.6 Å². The van der Waals surface area contributed by atoms with Gasteiger partial charge in [-0.1, -0.05) is 41.5 Å². The summed E-state index contributed by atoms with van der Waals surface area (Å²) in [5, 5.41) is 0.155. The summed E-state index contributed by atoms with van der Waals surface area (Å²) in [6, 6.07) is 0. The van der Waals surface area contributed by atoms with Crippen LogP contribution in [0.3, 0.4) is 0 Å². The molecule has 0 amide bonds. The van der Waals surface area contributed by atoms with Crippen LogP contribution in [0.4, 0.5) is 5.95 Å². The number of nitrogens with zero attached hydrogens (tertiary/aromatic N) is 5. The van der Waals surface area contributed by atoms with Crippen molar-refractivity contribution in [3.05, 3.63) is 16.2 Å². The largest absolute Gasteiger partial charge is 0.414 e. The second-order valence-electron chi connectivity index (χ2n) is 14.3. The molecule has 1 fully saturated rings. The fourth-order valence-corrected chi connectivity index (χ4v) is 7.04. The predicted octanol–water partition coefficient (Wildman–Crippen LogP) is 5.21. The van der Waals surface area contributed by atoms with Crippen LogP contribution in [0.1, 0.15) is 60.0 Å². The number of aromatic nitrogens is 4. The van der Waals surface area contributed by atoms with Crippen molar-refractivity contribution in [3.8, 4) is 0 Å². The zero-order chi connectivity index (χ0) is 29.1. The van der Waals surface area contributed by atoms with E-state index < -0.39 is 16.6 Å². The van der Waals surface area contributed by atoms with Crippen LogP contribution in [0.5, 0.6) is 0 Å². The van der Waals surface area contributed by atoms with E-state index in [4.69, 9.17) is 18.6 Å². The molecule has 1 N–H and O–H groups in total. The molecule has 4 rings (SSSR count). The van der Waals surface area contributed by atoms with Gasteiger partial charge in [0, 0.05) is 26.4 Å². The second-order valence-corrected chi connectivity index (χ2v) is 23.9. The Morgan fingerprint density at radius 3 is 2.33 bits per heavy atom. The third-order valence-corrected chi connectivity index (χ3v) is 18.1. The first-order chi connectivity index (χ1) is 17.8. The summed E-state index contributed by atoms with van der Waals surface area (Å²) < 4.78 is 22.7. The van der Waals surface area contributed by atoms with Crippen LogP contribution >= 0.6 is 0 Å². The second kappa shape index (κ2) is 10.2. The topological polar surface area (TPSA) is 107 Å². The van der Waals surface area contributed by atoms with Gasteiger partial charge in [-0.25, -0.2) is 9.98 Å². The summed E-state index contributed by atoms with van der Waals surface area (Å²) >= 11 is 0. The SMILES string of the molecule is CN(C)/C=N/c1nc2c(nc3n2[C@@H]2O[C@H](CO[Si](C)(C)C(C)(C)C)[C@@H](O[Si](C)(C)C(C)(C)C)[C@@H]2CC3)c(=O)[nH]1. The zero-order valence-electron chi connectivity index (χ0n) is 25.9. The van der Waals surface area contributed by atoms with Gasteiger partial charge in [0.1, 0.15) is 18.2 Å². The van der Waals surface area contributed by atoms with Crippen molar-refractivity contribution in [2.45, 2.75) is 109 Å². The number of hydrogen-bond donors (Lipinski definition) is 1. The highest BCUT2D eigenvalue weighted by Gasteiger charge is 2.53. The molecule has 39 heavy (non-hydrogen) atoms. The van der Waals surface area contributed by atoms with E-state index >= 15 is 0 Å². The maximum absolute atomic E-state index is 13.0. The van der Waals surface area contributed by atoms with Gasteiger partial charge in [-0.3, -0.25) is 14.3 Å². The molecule has 12 heteroatoms. The van der Waals surface area contributed by atoms with Gasteiger partial charge in [-0.2, -0.15) is 4.98 Å². The Morgan fingerprint density at radius 2 is 1.74 bits per heavy atom. The van der Waals surface area contributed by atoms with E-state index in [-0.39, 0.29) is 45.9 Å². The molecule has 0 bridgehead atoms. The lowest BCUT2D eigenvalue weighted by Gasteiger charge is -2.42. The monoisotopic (exact) mass is 576 g/mol. The number of hydrogen-bond acceptors (Lipinski definition) is 7. The first-order valence-corrected chi connectivity index (χ1v) is 19.8. The van der Waals surface area contributed by atoms with Crippen LogP contribution in [0.25, 0.3) is 11.2 Å². The van der Waals surface area contributed by atoms with E-state index in [2.05, 4.69) is 82.7 Å². The lowest BCUT2D eigenvalue weighted by molar-refractivity contribution is -0.0443. The molecular formula is C27H48N6O4Si2. The molecule has 0 unspecified atom stereocenters. The van der Waals surface area contributed by atoms with Crippen molar-refractivity contribution in [1.29, 1.82) is 0 Å². The van der Waals surface area contributed by atoms with Gasteiger partial charge in [0.2, 0.25) is 5.95 Å². The molecule has 1 saturated heterocycles. The maximum Gasteiger partial charge on any atom is 0.280 e. The van der Waals surface area contributed by atoms with E-state index in [9.17, 15) is 4.79 Å². The number of imidazole rings is 1. The first-order valence-electron chi connectivity index (χ1n) is 14.0. The Kier molecular flexibility index (Phi) is 7.87. The van der Waals surface area contributed by atoms with Crippen LogP contribution < -0.4 is 5.56 Å². The average molecular weight is 577 g/mol. The minimum absolute atomic E-state index is 0.0612. The highest BCUT2D eigenvalue weighted by Crippen LogP contribution is 2.48. The average Bonchev–Trinajstić information content (AvgIpc) is 3.33. The Labute approximate surface area is 234 Å². The summed E-state index contributed by atoms with van der Waals surface area (Å²) in [6.07, 6.45) is 2.54. The van der Waals surface area contributed by atoms with Crippen molar-refractivity contribution in [1.82, 2.24) is 24.4 Å². The van der Waals surface area contributed by atoms with E-state index in [1.165, 1.54) is 0 Å². The third-order valence-electron chi connectivity index (χ3n) is 9.10. The highest BCUT2D eigenvalue weighted by atomic mass is 28.4. The summed E-state index contributed by atoms with van der Waals surface area (Å²) in [7, 11) is -0.380. The molecule has 2 aliphatic heterocycles. The Morgan fingerprint density at radius 1 is 1.10 bits per heavy atom. The molecule has 0 radical (unpaired) electrons. The Bertz CT molecular complexity index is 1290. The molecular weight excluding hydrogens is 529 g/mol. The lowest BCUT2D eigenvalue weighted by Crippen LogP contribution is -2.50. The number of aromatic amines is 1. The molecule has 0 aromatic carbocycles. The number of ether oxygens (including phenoxy) is 1. The van der Waals surface area contributed by atoms with Crippen molar-refractivity contribution in [3.63, 3.8) is 0 Å². The van der Waals surface area contributed by atoms with Crippen LogP contribution in [-0.4, -0.2) is 80.3 Å². The normalized spacial score (nSPS) is 24.4. The number of rotatable bonds is 7. The van der Waals surface area contributed by atoms with Gasteiger partial charge < -0.3 is 18.5 Å². The molecule has 10 nitrogen and oxygen atoms in total. The molecule has 2 aromatic rings. The molecule has 4 heterocycles. The molecule has 2 aliphatic rings. The quantitative estimate of drug-likeness (QED) is 0.274. The minimum atomic E-state index is -2.11. The van der Waals surface area contributed by atoms with E-state index in [1.807, 2.05) is 18.7 Å². The first kappa shape index (κ1) is 30.1. The maximum atomic E-state index is 13.0. The lowest BCUT2D eigenvalue weighted by atomic mass is 9.92. The smallest absolute Gasteiger partial charge is 0.280 e. The number of aryl methyl sites for hydroxylation is 1. The highest BCUT2D eigenvalue weighted by molar-refractivity contribution is 6.74. The van der Waals surface area contributed by atoms with Gasteiger partial charge in [0.25, 0.3) is 5.56 Å². The van der Waals surface area contributed by atoms with E-state index in [0.29, 0.717) is 17.8 Å². The third kappa shape index (κ3) is 5.81. The molecule has 0 aliphatic carbocycles. The summed E-state index contributed by atoms with van der Waals surface area (Å²) in [5.41, 5.74) is 0.529. The fraction of sp³-hybridized carbons (Fsp3) is 0.778. The van der Waals surface area contributed by atoms with Gasteiger partial charge >= 0.3 is 0 Å². The van der Waals surface area contributed by atoms with Gasteiger partial charge in [-0.05, 0) is 42.7 Å². The summed E-state index contributed by atoms with van der Waals surface area (Å²) in [4.78, 5) is 31.2. The molecule has 2 aromatic heterocycles. The van der Waals surface area contributed by atoms with Crippen LogP contribution in [-0.2, 0) is 20.0 Å². The number of H-pyrrole nitrogens is 1. The standard InChI is InChI=1S/C27H48N6O4Si2/c1-26(2,3)38(9,10)35-15-18-21(37-39(11,12)27(4,5)6)17-13-14-19-29-20-22(33(19)24(17)36-18)30-25(31-23(20)34)28-16-32(7)8/h16-18,21,24H,13-15H2,1-12H3,(H,30,31,34)/b28-16+/t17-,18+,21-,24+/m0/s1. The molecule has 4 atom stereocenters. The van der Waals surface area contributed by atoms with Gasteiger partial charge in [0.05, 0.1) is 19.0 Å². The minimum Gasteiger partial charge on any atom is -0.414 e. The Hall–Kier alpha value is -1.87. The van der Waals surface area contributed by atoms with Crippen molar-refractivity contribution >= 4 is 40.1 Å². The molecule has 218 valence electrons. The predicted molar refractivity (Wildman–Crippen MR) is 161 cm³/mol. The van der Waals surface area contributed by atoms with E-state index in [1.54, 1.807) is 11.2 Å². The van der Waals surface area contributed by atoms with Crippen molar-refractivity contribution in [2.24, 2.45) is 10.9 Å². The van der Waals surface area contributed by atoms with Crippen molar-refractivity contribution in [2.75, 3.05) is 20.7 Å².